The first kappa shape index (κ1) is 30.2. The molecular weight excluding hydrogens is 573 g/mol. The van der Waals surface area contributed by atoms with Crippen LogP contribution in [0.5, 0.6) is 0 Å². The van der Waals surface area contributed by atoms with E-state index in [1.807, 2.05) is 72.8 Å². The summed E-state index contributed by atoms with van der Waals surface area (Å²) in [4.78, 5) is 39.9. The van der Waals surface area contributed by atoms with Crippen molar-refractivity contribution in [1.29, 1.82) is 0 Å². The molecule has 7 nitrogen and oxygen atoms in total. The number of anilines is 1. The molecule has 0 unspecified atom stereocenters. The summed E-state index contributed by atoms with van der Waals surface area (Å²) in [5.41, 5.74) is 0.167. The van der Waals surface area contributed by atoms with Crippen LogP contribution in [-0.4, -0.2) is 30.2 Å². The molecule has 1 aromatic heterocycles. The average Bonchev–Trinajstić information content (AvgIpc) is 3.04. The van der Waals surface area contributed by atoms with Gasteiger partial charge in [-0.05, 0) is 52.2 Å². The largest absolute Gasteiger partial charge is 0.467 e. The highest BCUT2D eigenvalue weighted by Crippen LogP contribution is 2.31. The van der Waals surface area contributed by atoms with Gasteiger partial charge in [0.2, 0.25) is 0 Å². The maximum atomic E-state index is 13.8. The fraction of sp³-hybridized carbons (Fsp3) is 0.147. The highest BCUT2D eigenvalue weighted by Gasteiger charge is 2.30. The number of methoxy groups -OCH3 is 1. The van der Waals surface area contributed by atoms with Gasteiger partial charge in [-0.2, -0.15) is 13.2 Å². The Labute approximate surface area is 250 Å². The number of esters is 1. The van der Waals surface area contributed by atoms with Crippen LogP contribution < -0.4 is 10.9 Å². The van der Waals surface area contributed by atoms with Crippen LogP contribution in [0.3, 0.4) is 0 Å². The second-order valence-electron chi connectivity index (χ2n) is 9.95. The maximum absolute atomic E-state index is 13.8. The summed E-state index contributed by atoms with van der Waals surface area (Å²) >= 11 is 0. The molecule has 0 bridgehead atoms. The van der Waals surface area contributed by atoms with E-state index in [0.29, 0.717) is 5.56 Å². The number of fused-ring (bicyclic) bond motifs is 1. The van der Waals surface area contributed by atoms with Crippen LogP contribution in [0.4, 0.5) is 18.9 Å². The molecule has 0 radical (unpaired) electrons. The van der Waals surface area contributed by atoms with E-state index in [4.69, 9.17) is 9.47 Å². The molecule has 0 fully saturated rings. The Morgan fingerprint density at radius 3 is 2.27 bits per heavy atom. The second-order valence-corrected chi connectivity index (χ2v) is 9.95. The normalized spacial score (nSPS) is 12.1. The highest BCUT2D eigenvalue weighted by molar-refractivity contribution is 6.05. The number of benzene rings is 4. The van der Waals surface area contributed by atoms with Crippen LogP contribution in [0.25, 0.3) is 21.9 Å². The zero-order valence-corrected chi connectivity index (χ0v) is 23.5. The van der Waals surface area contributed by atoms with E-state index in [0.717, 1.165) is 50.7 Å². The maximum Gasteiger partial charge on any atom is 0.416 e. The van der Waals surface area contributed by atoms with Gasteiger partial charge in [-0.15, -0.1) is 0 Å². The molecule has 1 N–H and O–H groups in total. The van der Waals surface area contributed by atoms with Crippen molar-refractivity contribution in [2.45, 2.75) is 18.8 Å². The lowest BCUT2D eigenvalue weighted by atomic mass is 9.99. The summed E-state index contributed by atoms with van der Waals surface area (Å²) in [5, 5.41) is 4.31. The molecule has 224 valence electrons. The number of halogens is 3. The van der Waals surface area contributed by atoms with Gasteiger partial charge in [0.05, 0.1) is 25.9 Å². The van der Waals surface area contributed by atoms with Crippen molar-refractivity contribution >= 4 is 28.3 Å². The van der Waals surface area contributed by atoms with Gasteiger partial charge < -0.3 is 14.8 Å². The van der Waals surface area contributed by atoms with E-state index in [1.165, 1.54) is 19.4 Å². The van der Waals surface area contributed by atoms with Crippen molar-refractivity contribution in [3.8, 4) is 11.1 Å². The first-order valence-corrected chi connectivity index (χ1v) is 13.6. The highest BCUT2D eigenvalue weighted by atomic mass is 19.4. The second kappa shape index (κ2) is 13.0. The van der Waals surface area contributed by atoms with Crippen LogP contribution in [0.2, 0.25) is 0 Å². The van der Waals surface area contributed by atoms with Crippen LogP contribution in [0.1, 0.15) is 27.5 Å². The molecule has 1 heterocycles. The van der Waals surface area contributed by atoms with E-state index < -0.39 is 35.2 Å². The lowest BCUT2D eigenvalue weighted by Crippen LogP contribution is -2.35. The number of carbonyl (C=O) groups excluding carboxylic acids is 2. The minimum atomic E-state index is -4.57. The molecular formula is C34H27F3N2O5. The van der Waals surface area contributed by atoms with E-state index >= 15 is 0 Å². The summed E-state index contributed by atoms with van der Waals surface area (Å²) in [7, 11) is 1.19. The van der Waals surface area contributed by atoms with Gasteiger partial charge in [0, 0.05) is 17.3 Å². The van der Waals surface area contributed by atoms with Crippen molar-refractivity contribution < 1.29 is 32.2 Å². The van der Waals surface area contributed by atoms with Gasteiger partial charge in [-0.3, -0.25) is 14.2 Å². The minimum Gasteiger partial charge on any atom is -0.467 e. The van der Waals surface area contributed by atoms with E-state index in [1.54, 1.807) is 0 Å². The number of nitrogens with one attached hydrogen (secondary N) is 1. The smallest absolute Gasteiger partial charge is 0.416 e. The number of alkyl halides is 3. The molecule has 1 amide bonds. The van der Waals surface area contributed by atoms with Gasteiger partial charge >= 0.3 is 12.1 Å². The monoisotopic (exact) mass is 600 g/mol. The minimum absolute atomic E-state index is 0.0878. The average molecular weight is 601 g/mol. The Morgan fingerprint density at radius 1 is 0.886 bits per heavy atom. The molecule has 5 rings (SSSR count). The van der Waals surface area contributed by atoms with E-state index in [9.17, 15) is 27.6 Å². The molecule has 44 heavy (non-hydrogen) atoms. The van der Waals surface area contributed by atoms with Crippen LogP contribution >= 0.6 is 0 Å². The van der Waals surface area contributed by atoms with Gasteiger partial charge in [-0.25, -0.2) is 4.79 Å². The first-order valence-electron chi connectivity index (χ1n) is 13.6. The van der Waals surface area contributed by atoms with Crippen LogP contribution in [-0.2, 0) is 27.1 Å². The third-order valence-electron chi connectivity index (χ3n) is 7.06. The number of rotatable bonds is 9. The van der Waals surface area contributed by atoms with Gasteiger partial charge in [0.25, 0.3) is 11.5 Å². The predicted octanol–water partition coefficient (Wildman–Crippen LogP) is 6.87. The van der Waals surface area contributed by atoms with Crippen LogP contribution in [0, 0.1) is 0 Å². The molecule has 0 aliphatic carbocycles. The Kier molecular flexibility index (Phi) is 8.91. The summed E-state index contributed by atoms with van der Waals surface area (Å²) in [6, 6.07) is 26.4. The molecule has 4 aromatic carbocycles. The zero-order valence-electron chi connectivity index (χ0n) is 23.5. The molecule has 0 spiro atoms. The fourth-order valence-corrected chi connectivity index (χ4v) is 4.81. The molecule has 10 heteroatoms. The predicted molar refractivity (Wildman–Crippen MR) is 160 cm³/mol. The number of aromatic nitrogens is 1. The fourth-order valence-electron chi connectivity index (χ4n) is 4.81. The number of nitrogens with zero attached hydrogens (tertiary/aromatic N) is 1. The summed E-state index contributed by atoms with van der Waals surface area (Å²) in [6.07, 6.45) is -3.06. The lowest BCUT2D eigenvalue weighted by molar-refractivity contribution is -0.147. The lowest BCUT2D eigenvalue weighted by Gasteiger charge is -2.21. The molecule has 1 atom stereocenters. The van der Waals surface area contributed by atoms with E-state index in [-0.39, 0.29) is 24.5 Å². The van der Waals surface area contributed by atoms with E-state index in [2.05, 4.69) is 5.32 Å². The Morgan fingerprint density at radius 2 is 1.57 bits per heavy atom. The number of amides is 1. The zero-order chi connectivity index (χ0) is 31.3. The van der Waals surface area contributed by atoms with Crippen molar-refractivity contribution in [1.82, 2.24) is 4.57 Å². The van der Waals surface area contributed by atoms with Crippen molar-refractivity contribution in [3.63, 3.8) is 0 Å². The number of pyridine rings is 1. The summed E-state index contributed by atoms with van der Waals surface area (Å²) in [5.74, 6) is -1.54. The summed E-state index contributed by atoms with van der Waals surface area (Å²) in [6.45, 7) is -0.0453. The van der Waals surface area contributed by atoms with Crippen LogP contribution in [0.15, 0.2) is 114 Å². The van der Waals surface area contributed by atoms with Crippen molar-refractivity contribution in [2.75, 3.05) is 19.0 Å². The van der Waals surface area contributed by atoms with Gasteiger partial charge in [-0.1, -0.05) is 72.8 Å². The summed E-state index contributed by atoms with van der Waals surface area (Å²) < 4.78 is 51.1. The SMILES string of the molecule is COC(=O)[C@H](COCc1ccccc1)n1cc(-c2cccc3ccccc23)cc(NC(=O)c2ccc(C(F)(F)F)cc2)c1=O. The molecule has 0 saturated heterocycles. The standard InChI is InChI=1S/C34H27F3N2O5/c1-43-33(42)30(21-44-20-22-8-3-2-4-9-22)39-19-25(28-13-7-11-23-10-5-6-12-27(23)28)18-29(32(39)41)38-31(40)24-14-16-26(17-15-24)34(35,36)37/h2-19,30H,20-21H2,1H3,(H,38,40)/t30-/m0/s1. The first-order chi connectivity index (χ1) is 21.2. The Balaban J connectivity index is 1.57. The Bertz CT molecular complexity index is 1850. The number of hydrogen-bond donors (Lipinski definition) is 1. The Hall–Kier alpha value is -5.22. The number of carbonyl (C=O) groups is 2. The number of ether oxygens (including phenoxy) is 2. The van der Waals surface area contributed by atoms with Crippen molar-refractivity contribution in [2.24, 2.45) is 0 Å². The van der Waals surface area contributed by atoms with Gasteiger partial charge in [0.15, 0.2) is 6.04 Å². The quantitative estimate of drug-likeness (QED) is 0.187. The third kappa shape index (κ3) is 6.71. The molecule has 0 aliphatic rings. The van der Waals surface area contributed by atoms with Crippen molar-refractivity contribution in [3.05, 3.63) is 136 Å². The third-order valence-corrected chi connectivity index (χ3v) is 7.06. The molecule has 0 aliphatic heterocycles. The molecule has 5 aromatic rings. The molecule has 0 saturated carbocycles. The van der Waals surface area contributed by atoms with Gasteiger partial charge in [0.1, 0.15) is 5.69 Å². The topological polar surface area (TPSA) is 86.6 Å². The number of hydrogen-bond acceptors (Lipinski definition) is 5.